The molecule has 0 bridgehead atoms. The van der Waals surface area contributed by atoms with Crippen molar-refractivity contribution in [1.29, 1.82) is 0 Å². The van der Waals surface area contributed by atoms with Crippen molar-refractivity contribution in [2.75, 3.05) is 44.7 Å². The number of benzene rings is 1. The standard InChI is InChI=1S/C26H32N4O6/c1-5-30-23(26(32)34-4)22(29-25(31)17-9-10-35-15-17)19-12-18(14-28-24(19)30)27-13-16-7-8-20(33-3)21(11-16)36-6-2/h7-8,11-12,14,17,27H,5-6,9-10,13,15H2,1-4H3,(H,29,31)/t17-/m1/s1. The van der Waals surface area contributed by atoms with Gasteiger partial charge >= 0.3 is 5.97 Å². The van der Waals surface area contributed by atoms with Crippen LogP contribution in [0.25, 0.3) is 11.0 Å². The number of pyridine rings is 1. The maximum Gasteiger partial charge on any atom is 0.356 e. The summed E-state index contributed by atoms with van der Waals surface area (Å²) in [5.74, 6) is 0.362. The SMILES string of the molecule is CCOc1cc(CNc2cnc3c(c2)c(NC(=O)[C@@H]2CCOC2)c(C(=O)OC)n3CC)ccc1OC. The molecule has 4 rings (SSSR count). The van der Waals surface area contributed by atoms with Crippen LogP contribution in [0, 0.1) is 5.92 Å². The number of carbonyl (C=O) groups excluding carboxylic acids is 2. The average molecular weight is 497 g/mol. The summed E-state index contributed by atoms with van der Waals surface area (Å²) < 4.78 is 23.2. The van der Waals surface area contributed by atoms with E-state index in [0.29, 0.717) is 67.6 Å². The Kier molecular flexibility index (Phi) is 7.94. The van der Waals surface area contributed by atoms with Crippen LogP contribution in [0.15, 0.2) is 30.5 Å². The van der Waals surface area contributed by atoms with E-state index >= 15 is 0 Å². The molecular formula is C26H32N4O6. The molecule has 1 aromatic carbocycles. The number of methoxy groups -OCH3 is 2. The molecule has 0 saturated carbocycles. The normalized spacial score (nSPS) is 15.1. The number of amides is 1. The summed E-state index contributed by atoms with van der Waals surface area (Å²) in [6.45, 7) is 6.27. The maximum atomic E-state index is 12.9. The summed E-state index contributed by atoms with van der Waals surface area (Å²) in [5.41, 5.74) is 2.99. The van der Waals surface area contributed by atoms with Gasteiger partial charge in [0.15, 0.2) is 17.2 Å². The third-order valence-electron chi connectivity index (χ3n) is 6.17. The largest absolute Gasteiger partial charge is 0.493 e. The monoisotopic (exact) mass is 496 g/mol. The van der Waals surface area contributed by atoms with Gasteiger partial charge in [-0.2, -0.15) is 0 Å². The first kappa shape index (κ1) is 25.3. The van der Waals surface area contributed by atoms with Crippen LogP contribution in [0.3, 0.4) is 0 Å². The highest BCUT2D eigenvalue weighted by Crippen LogP contribution is 2.34. The minimum Gasteiger partial charge on any atom is -0.493 e. The fraction of sp³-hybridized carbons (Fsp3) is 0.423. The number of nitrogens with zero attached hydrogens (tertiary/aromatic N) is 2. The number of esters is 1. The molecule has 0 spiro atoms. The van der Waals surface area contributed by atoms with E-state index in [0.717, 1.165) is 11.3 Å². The van der Waals surface area contributed by atoms with E-state index in [1.54, 1.807) is 17.9 Å². The van der Waals surface area contributed by atoms with Crippen molar-refractivity contribution in [3.05, 3.63) is 41.7 Å². The van der Waals surface area contributed by atoms with Gasteiger partial charge in [0.2, 0.25) is 5.91 Å². The number of ether oxygens (including phenoxy) is 4. The van der Waals surface area contributed by atoms with Gasteiger partial charge in [-0.3, -0.25) is 4.79 Å². The molecule has 1 aliphatic rings. The first-order chi connectivity index (χ1) is 17.5. The van der Waals surface area contributed by atoms with Gasteiger partial charge in [0.1, 0.15) is 5.65 Å². The molecule has 0 radical (unpaired) electrons. The van der Waals surface area contributed by atoms with Crippen molar-refractivity contribution in [2.24, 2.45) is 5.92 Å². The van der Waals surface area contributed by atoms with Crippen LogP contribution in [-0.4, -0.2) is 55.5 Å². The molecule has 192 valence electrons. The van der Waals surface area contributed by atoms with E-state index in [2.05, 4.69) is 15.6 Å². The Balaban J connectivity index is 1.66. The zero-order valence-electron chi connectivity index (χ0n) is 21.1. The highest BCUT2D eigenvalue weighted by molar-refractivity contribution is 6.11. The minimum atomic E-state index is -0.538. The number of aryl methyl sites for hydroxylation is 1. The number of fused-ring (bicyclic) bond motifs is 1. The lowest BCUT2D eigenvalue weighted by molar-refractivity contribution is -0.119. The second-order valence-corrected chi connectivity index (χ2v) is 8.38. The van der Waals surface area contributed by atoms with Gasteiger partial charge in [-0.15, -0.1) is 0 Å². The number of anilines is 2. The van der Waals surface area contributed by atoms with Crippen LogP contribution in [-0.2, 0) is 27.4 Å². The lowest BCUT2D eigenvalue weighted by Crippen LogP contribution is -2.24. The Morgan fingerprint density at radius 3 is 2.69 bits per heavy atom. The van der Waals surface area contributed by atoms with Gasteiger partial charge in [-0.1, -0.05) is 6.07 Å². The van der Waals surface area contributed by atoms with E-state index < -0.39 is 5.97 Å². The number of rotatable bonds is 10. The van der Waals surface area contributed by atoms with Gasteiger partial charge in [-0.05, 0) is 44.0 Å². The molecule has 1 amide bonds. The molecule has 1 saturated heterocycles. The second kappa shape index (κ2) is 11.3. The summed E-state index contributed by atoms with van der Waals surface area (Å²) in [7, 11) is 2.93. The molecule has 3 aromatic rings. The Labute approximate surface area is 209 Å². The molecular weight excluding hydrogens is 464 g/mol. The maximum absolute atomic E-state index is 12.9. The number of aromatic nitrogens is 2. The van der Waals surface area contributed by atoms with E-state index in [1.165, 1.54) is 7.11 Å². The van der Waals surface area contributed by atoms with Gasteiger partial charge in [0.05, 0.1) is 50.9 Å². The molecule has 36 heavy (non-hydrogen) atoms. The molecule has 0 unspecified atom stereocenters. The summed E-state index contributed by atoms with van der Waals surface area (Å²) in [6, 6.07) is 7.64. The van der Waals surface area contributed by atoms with Crippen LogP contribution in [0.4, 0.5) is 11.4 Å². The van der Waals surface area contributed by atoms with Crippen LogP contribution < -0.4 is 20.1 Å². The van der Waals surface area contributed by atoms with Gasteiger partial charge < -0.3 is 34.1 Å². The molecule has 10 heteroatoms. The van der Waals surface area contributed by atoms with Crippen molar-refractivity contribution in [2.45, 2.75) is 33.4 Å². The van der Waals surface area contributed by atoms with Crippen molar-refractivity contribution >= 4 is 34.3 Å². The number of carbonyl (C=O) groups is 2. The van der Waals surface area contributed by atoms with Crippen molar-refractivity contribution in [1.82, 2.24) is 9.55 Å². The Morgan fingerprint density at radius 1 is 1.19 bits per heavy atom. The van der Waals surface area contributed by atoms with Crippen LogP contribution in [0.5, 0.6) is 11.5 Å². The molecule has 10 nitrogen and oxygen atoms in total. The first-order valence-electron chi connectivity index (χ1n) is 12.0. The van der Waals surface area contributed by atoms with E-state index in [9.17, 15) is 9.59 Å². The van der Waals surface area contributed by atoms with Crippen LogP contribution in [0.2, 0.25) is 0 Å². The van der Waals surface area contributed by atoms with Gasteiger partial charge in [0.25, 0.3) is 0 Å². The van der Waals surface area contributed by atoms with Crippen LogP contribution in [0.1, 0.15) is 36.3 Å². The summed E-state index contributed by atoms with van der Waals surface area (Å²) >= 11 is 0. The molecule has 0 aliphatic carbocycles. The van der Waals surface area contributed by atoms with E-state index in [-0.39, 0.29) is 17.5 Å². The summed E-state index contributed by atoms with van der Waals surface area (Å²) in [6.07, 6.45) is 2.35. The molecule has 3 heterocycles. The molecule has 1 atom stereocenters. The van der Waals surface area contributed by atoms with E-state index in [4.69, 9.17) is 18.9 Å². The van der Waals surface area contributed by atoms with Crippen molar-refractivity contribution in [3.8, 4) is 11.5 Å². The fourth-order valence-corrected chi connectivity index (χ4v) is 4.34. The quantitative estimate of drug-likeness (QED) is 0.407. The number of nitrogens with one attached hydrogen (secondary N) is 2. The first-order valence-corrected chi connectivity index (χ1v) is 12.0. The molecule has 2 aromatic heterocycles. The average Bonchev–Trinajstić information content (AvgIpc) is 3.54. The zero-order valence-corrected chi connectivity index (χ0v) is 21.1. The van der Waals surface area contributed by atoms with Gasteiger partial charge in [-0.25, -0.2) is 9.78 Å². The highest BCUT2D eigenvalue weighted by Gasteiger charge is 2.29. The molecule has 1 aliphatic heterocycles. The van der Waals surface area contributed by atoms with Crippen molar-refractivity contribution in [3.63, 3.8) is 0 Å². The Bertz CT molecular complexity index is 1250. The number of hydrogen-bond donors (Lipinski definition) is 2. The minimum absolute atomic E-state index is 0.187. The molecule has 2 N–H and O–H groups in total. The fourth-order valence-electron chi connectivity index (χ4n) is 4.34. The van der Waals surface area contributed by atoms with Gasteiger partial charge in [0, 0.05) is 25.1 Å². The van der Waals surface area contributed by atoms with Crippen LogP contribution >= 0.6 is 0 Å². The summed E-state index contributed by atoms with van der Waals surface area (Å²) in [5, 5.41) is 6.98. The van der Waals surface area contributed by atoms with E-state index in [1.807, 2.05) is 38.1 Å². The lowest BCUT2D eigenvalue weighted by atomic mass is 10.1. The zero-order chi connectivity index (χ0) is 25.7. The smallest absolute Gasteiger partial charge is 0.356 e. The topological polar surface area (TPSA) is 113 Å². The predicted octanol–water partition coefficient (Wildman–Crippen LogP) is 3.84. The molecule has 1 fully saturated rings. The predicted molar refractivity (Wildman–Crippen MR) is 136 cm³/mol. The lowest BCUT2D eigenvalue weighted by Gasteiger charge is -2.12. The Hall–Kier alpha value is -3.79. The number of hydrogen-bond acceptors (Lipinski definition) is 8. The highest BCUT2D eigenvalue weighted by atomic mass is 16.5. The van der Waals surface area contributed by atoms with Crippen molar-refractivity contribution < 1.29 is 28.5 Å². The summed E-state index contributed by atoms with van der Waals surface area (Å²) in [4.78, 5) is 30.3. The third kappa shape index (κ3) is 5.08. The Morgan fingerprint density at radius 2 is 2.03 bits per heavy atom. The third-order valence-corrected chi connectivity index (χ3v) is 6.17. The second-order valence-electron chi connectivity index (χ2n) is 8.38.